The van der Waals surface area contributed by atoms with Gasteiger partial charge < -0.3 is 15.1 Å². The molecule has 0 bridgehead atoms. The third kappa shape index (κ3) is 1.71. The fourth-order valence-electron chi connectivity index (χ4n) is 2.19. The molecule has 5 heteroatoms. The molecular formula is C10H17N3O2. The molecule has 2 aliphatic rings. The summed E-state index contributed by atoms with van der Waals surface area (Å²) in [6.45, 7) is 6.78. The van der Waals surface area contributed by atoms with Crippen molar-refractivity contribution in [2.45, 2.75) is 25.9 Å². The Hall–Kier alpha value is -1.10. The first kappa shape index (κ1) is 10.4. The van der Waals surface area contributed by atoms with Gasteiger partial charge in [-0.3, -0.25) is 9.59 Å². The highest BCUT2D eigenvalue weighted by Crippen LogP contribution is 2.15. The number of nitrogens with zero attached hydrogens (tertiary/aromatic N) is 2. The van der Waals surface area contributed by atoms with Crippen LogP contribution in [0.3, 0.4) is 0 Å². The van der Waals surface area contributed by atoms with Crippen LogP contribution in [0.25, 0.3) is 0 Å². The smallest absolute Gasteiger partial charge is 0.312 e. The molecule has 2 rings (SSSR count). The van der Waals surface area contributed by atoms with Gasteiger partial charge in [0.15, 0.2) is 0 Å². The molecule has 2 saturated heterocycles. The first-order chi connectivity index (χ1) is 7.11. The van der Waals surface area contributed by atoms with Gasteiger partial charge in [-0.15, -0.1) is 0 Å². The molecular weight excluding hydrogens is 194 g/mol. The van der Waals surface area contributed by atoms with Gasteiger partial charge >= 0.3 is 11.8 Å². The fourth-order valence-corrected chi connectivity index (χ4v) is 2.19. The van der Waals surface area contributed by atoms with E-state index >= 15 is 0 Å². The molecule has 0 aromatic rings. The zero-order valence-electron chi connectivity index (χ0n) is 9.19. The molecule has 0 radical (unpaired) electrons. The minimum Gasteiger partial charge on any atom is -0.330 e. The number of carbonyl (C=O) groups is 2. The topological polar surface area (TPSA) is 52.6 Å². The highest BCUT2D eigenvalue weighted by atomic mass is 16.2. The SMILES string of the molecule is CC(C)N1CC2CNCCN2C(=O)C1=O. The molecule has 0 spiro atoms. The van der Waals surface area contributed by atoms with Gasteiger partial charge in [0.05, 0.1) is 6.04 Å². The largest absolute Gasteiger partial charge is 0.330 e. The molecule has 0 aromatic heterocycles. The van der Waals surface area contributed by atoms with Gasteiger partial charge in [0, 0.05) is 32.2 Å². The monoisotopic (exact) mass is 211 g/mol. The minimum atomic E-state index is -0.344. The molecule has 1 N–H and O–H groups in total. The lowest BCUT2D eigenvalue weighted by Gasteiger charge is -2.44. The van der Waals surface area contributed by atoms with Crippen LogP contribution in [0.2, 0.25) is 0 Å². The van der Waals surface area contributed by atoms with Crippen molar-refractivity contribution >= 4 is 11.8 Å². The summed E-state index contributed by atoms with van der Waals surface area (Å²) in [5.74, 6) is -0.676. The van der Waals surface area contributed by atoms with Crippen molar-refractivity contribution in [1.29, 1.82) is 0 Å². The van der Waals surface area contributed by atoms with Crippen molar-refractivity contribution in [3.8, 4) is 0 Å². The van der Waals surface area contributed by atoms with Crippen LogP contribution in [0.15, 0.2) is 0 Å². The van der Waals surface area contributed by atoms with E-state index in [-0.39, 0.29) is 23.9 Å². The summed E-state index contributed by atoms with van der Waals surface area (Å²) in [7, 11) is 0. The molecule has 0 saturated carbocycles. The summed E-state index contributed by atoms with van der Waals surface area (Å²) in [5, 5.41) is 3.25. The fraction of sp³-hybridized carbons (Fsp3) is 0.800. The number of piperazine rings is 2. The lowest BCUT2D eigenvalue weighted by Crippen LogP contribution is -2.66. The summed E-state index contributed by atoms with van der Waals surface area (Å²) >= 11 is 0. The predicted molar refractivity (Wildman–Crippen MR) is 55.2 cm³/mol. The van der Waals surface area contributed by atoms with Crippen molar-refractivity contribution < 1.29 is 9.59 Å². The molecule has 2 heterocycles. The van der Waals surface area contributed by atoms with E-state index in [1.165, 1.54) is 0 Å². The minimum absolute atomic E-state index is 0.102. The van der Waals surface area contributed by atoms with E-state index in [0.29, 0.717) is 13.1 Å². The Kier molecular flexibility index (Phi) is 2.65. The maximum absolute atomic E-state index is 11.8. The first-order valence-corrected chi connectivity index (χ1v) is 5.43. The van der Waals surface area contributed by atoms with E-state index in [9.17, 15) is 9.59 Å². The number of rotatable bonds is 1. The zero-order chi connectivity index (χ0) is 11.0. The Morgan fingerprint density at radius 2 is 2.07 bits per heavy atom. The average molecular weight is 211 g/mol. The lowest BCUT2D eigenvalue weighted by molar-refractivity contribution is -0.161. The van der Waals surface area contributed by atoms with Gasteiger partial charge in [-0.2, -0.15) is 0 Å². The summed E-state index contributed by atoms with van der Waals surface area (Å²) in [6.07, 6.45) is 0. The van der Waals surface area contributed by atoms with E-state index in [1.54, 1.807) is 9.80 Å². The second kappa shape index (κ2) is 3.81. The van der Waals surface area contributed by atoms with Crippen molar-refractivity contribution in [3.05, 3.63) is 0 Å². The van der Waals surface area contributed by atoms with Crippen molar-refractivity contribution in [1.82, 2.24) is 15.1 Å². The number of fused-ring (bicyclic) bond motifs is 1. The zero-order valence-corrected chi connectivity index (χ0v) is 9.19. The van der Waals surface area contributed by atoms with Gasteiger partial charge in [0.1, 0.15) is 0 Å². The summed E-state index contributed by atoms with van der Waals surface area (Å²) < 4.78 is 0. The van der Waals surface area contributed by atoms with Crippen LogP contribution in [0.5, 0.6) is 0 Å². The molecule has 0 aliphatic carbocycles. The molecule has 15 heavy (non-hydrogen) atoms. The summed E-state index contributed by atoms with van der Waals surface area (Å²) in [6, 6.07) is 0.261. The van der Waals surface area contributed by atoms with E-state index in [0.717, 1.165) is 13.1 Å². The van der Waals surface area contributed by atoms with Crippen molar-refractivity contribution in [3.63, 3.8) is 0 Å². The van der Waals surface area contributed by atoms with E-state index in [4.69, 9.17) is 0 Å². The first-order valence-electron chi connectivity index (χ1n) is 5.43. The molecule has 5 nitrogen and oxygen atoms in total. The Balaban J connectivity index is 2.17. The predicted octanol–water partition coefficient (Wildman–Crippen LogP) is -0.963. The quantitative estimate of drug-likeness (QED) is 0.568. The number of amides is 2. The Morgan fingerprint density at radius 3 is 2.73 bits per heavy atom. The maximum Gasteiger partial charge on any atom is 0.312 e. The van der Waals surface area contributed by atoms with E-state index < -0.39 is 0 Å². The second-order valence-corrected chi connectivity index (χ2v) is 4.41. The molecule has 84 valence electrons. The van der Waals surface area contributed by atoms with Gasteiger partial charge in [0.2, 0.25) is 0 Å². The number of carbonyl (C=O) groups excluding carboxylic acids is 2. The van der Waals surface area contributed by atoms with Crippen LogP contribution < -0.4 is 5.32 Å². The maximum atomic E-state index is 11.8. The van der Waals surface area contributed by atoms with Crippen LogP contribution in [-0.4, -0.2) is 59.9 Å². The highest BCUT2D eigenvalue weighted by Gasteiger charge is 2.40. The van der Waals surface area contributed by atoms with Crippen LogP contribution >= 0.6 is 0 Å². The molecule has 2 aliphatic heterocycles. The Bertz CT molecular complexity index is 290. The van der Waals surface area contributed by atoms with Gasteiger partial charge in [-0.25, -0.2) is 0 Å². The van der Waals surface area contributed by atoms with Crippen LogP contribution in [0.1, 0.15) is 13.8 Å². The van der Waals surface area contributed by atoms with Crippen LogP contribution in [-0.2, 0) is 9.59 Å². The standard InChI is InChI=1S/C10H17N3O2/c1-7(2)13-6-8-5-11-3-4-12(8)9(14)10(13)15/h7-8,11H,3-6H2,1-2H3. The van der Waals surface area contributed by atoms with Gasteiger partial charge in [-0.1, -0.05) is 0 Å². The number of nitrogens with one attached hydrogen (secondary N) is 1. The number of hydrogen-bond donors (Lipinski definition) is 1. The summed E-state index contributed by atoms with van der Waals surface area (Å²) in [5.41, 5.74) is 0. The second-order valence-electron chi connectivity index (χ2n) is 4.41. The average Bonchev–Trinajstić information content (AvgIpc) is 2.23. The highest BCUT2D eigenvalue weighted by molar-refractivity contribution is 6.35. The van der Waals surface area contributed by atoms with Gasteiger partial charge in [-0.05, 0) is 13.8 Å². The molecule has 0 aromatic carbocycles. The van der Waals surface area contributed by atoms with E-state index in [2.05, 4.69) is 5.32 Å². The Morgan fingerprint density at radius 1 is 1.33 bits per heavy atom. The third-order valence-electron chi connectivity index (χ3n) is 3.09. The van der Waals surface area contributed by atoms with Gasteiger partial charge in [0.25, 0.3) is 0 Å². The molecule has 2 fully saturated rings. The third-order valence-corrected chi connectivity index (χ3v) is 3.09. The van der Waals surface area contributed by atoms with Crippen molar-refractivity contribution in [2.75, 3.05) is 26.2 Å². The normalized spacial score (nSPS) is 27.3. The summed E-state index contributed by atoms with van der Waals surface area (Å²) in [4.78, 5) is 26.9. The molecule has 1 unspecified atom stereocenters. The molecule has 2 amide bonds. The van der Waals surface area contributed by atoms with Crippen LogP contribution in [0.4, 0.5) is 0 Å². The molecule has 1 atom stereocenters. The number of hydrogen-bond acceptors (Lipinski definition) is 3. The lowest BCUT2D eigenvalue weighted by atomic mass is 10.1. The Labute approximate surface area is 89.4 Å². The van der Waals surface area contributed by atoms with Crippen molar-refractivity contribution in [2.24, 2.45) is 0 Å². The van der Waals surface area contributed by atoms with Crippen LogP contribution in [0, 0.1) is 0 Å². The van der Waals surface area contributed by atoms with E-state index in [1.807, 2.05) is 13.8 Å².